The van der Waals surface area contributed by atoms with Crippen molar-refractivity contribution in [1.29, 1.82) is 0 Å². The van der Waals surface area contributed by atoms with E-state index in [-0.39, 0.29) is 5.78 Å². The van der Waals surface area contributed by atoms with Crippen molar-refractivity contribution in [3.63, 3.8) is 0 Å². The van der Waals surface area contributed by atoms with Gasteiger partial charge in [0.2, 0.25) is 0 Å². The molecule has 0 atom stereocenters. The fraction of sp³-hybridized carbons (Fsp3) is 0.118. The minimum absolute atomic E-state index is 0.109. The molecule has 0 radical (unpaired) electrons. The van der Waals surface area contributed by atoms with Crippen LogP contribution in [0.5, 0.6) is 0 Å². The molecule has 20 heavy (non-hydrogen) atoms. The summed E-state index contributed by atoms with van der Waals surface area (Å²) < 4.78 is 2.06. The van der Waals surface area contributed by atoms with Crippen LogP contribution in [0.4, 0.5) is 0 Å². The maximum absolute atomic E-state index is 12.3. The summed E-state index contributed by atoms with van der Waals surface area (Å²) in [5, 5.41) is 1.78. The SMILES string of the molecule is Cn1cc(CC(=O)c2ccc(Cl)cc2)c2ccccc21. The Morgan fingerprint density at radius 1 is 1.10 bits per heavy atom. The molecule has 0 saturated heterocycles. The highest BCUT2D eigenvalue weighted by atomic mass is 35.5. The van der Waals surface area contributed by atoms with Gasteiger partial charge in [0, 0.05) is 41.2 Å². The normalized spacial score (nSPS) is 10.9. The highest BCUT2D eigenvalue weighted by Crippen LogP contribution is 2.22. The quantitative estimate of drug-likeness (QED) is 0.659. The second-order valence-corrected chi connectivity index (χ2v) is 5.33. The molecular formula is C17H14ClNO. The number of carbonyl (C=O) groups is 1. The van der Waals surface area contributed by atoms with Gasteiger partial charge in [-0.15, -0.1) is 0 Å². The van der Waals surface area contributed by atoms with Crippen molar-refractivity contribution in [2.45, 2.75) is 6.42 Å². The zero-order valence-corrected chi connectivity index (χ0v) is 11.9. The summed E-state index contributed by atoms with van der Waals surface area (Å²) in [7, 11) is 2.00. The minimum Gasteiger partial charge on any atom is -0.350 e. The third kappa shape index (κ3) is 2.35. The number of Topliss-reactive ketones (excluding diaryl/α,β-unsaturated/α-hetero) is 1. The van der Waals surface area contributed by atoms with Gasteiger partial charge in [0.25, 0.3) is 0 Å². The van der Waals surface area contributed by atoms with Gasteiger partial charge in [0.15, 0.2) is 5.78 Å². The molecule has 3 heteroatoms. The topological polar surface area (TPSA) is 22.0 Å². The molecule has 3 rings (SSSR count). The summed E-state index contributed by atoms with van der Waals surface area (Å²) in [6, 6.07) is 15.2. The molecule has 0 saturated carbocycles. The van der Waals surface area contributed by atoms with Crippen LogP contribution >= 0.6 is 11.6 Å². The molecule has 0 unspecified atom stereocenters. The van der Waals surface area contributed by atoms with Gasteiger partial charge in [-0.05, 0) is 35.9 Å². The number of benzene rings is 2. The lowest BCUT2D eigenvalue weighted by Gasteiger charge is -2.00. The Balaban J connectivity index is 1.93. The van der Waals surface area contributed by atoms with E-state index in [4.69, 9.17) is 11.6 Å². The van der Waals surface area contributed by atoms with E-state index in [2.05, 4.69) is 16.7 Å². The van der Waals surface area contributed by atoms with E-state index < -0.39 is 0 Å². The van der Waals surface area contributed by atoms with Crippen molar-refractivity contribution in [3.8, 4) is 0 Å². The van der Waals surface area contributed by atoms with Gasteiger partial charge >= 0.3 is 0 Å². The number of hydrogen-bond acceptors (Lipinski definition) is 1. The molecule has 2 nitrogen and oxygen atoms in total. The van der Waals surface area contributed by atoms with Crippen LogP contribution in [0.15, 0.2) is 54.7 Å². The first-order valence-corrected chi connectivity index (χ1v) is 6.84. The van der Waals surface area contributed by atoms with E-state index in [0.29, 0.717) is 17.0 Å². The first kappa shape index (κ1) is 12.9. The Morgan fingerprint density at radius 3 is 2.55 bits per heavy atom. The average Bonchev–Trinajstić information content (AvgIpc) is 2.77. The molecule has 0 N–H and O–H groups in total. The Hall–Kier alpha value is -2.06. The molecule has 3 aromatic rings. The summed E-state index contributed by atoms with van der Waals surface area (Å²) in [6.45, 7) is 0. The van der Waals surface area contributed by atoms with E-state index in [0.717, 1.165) is 16.5 Å². The van der Waals surface area contributed by atoms with Gasteiger partial charge in [-0.1, -0.05) is 29.8 Å². The lowest BCUT2D eigenvalue weighted by molar-refractivity contribution is 0.0993. The maximum Gasteiger partial charge on any atom is 0.167 e. The summed E-state index contributed by atoms with van der Waals surface area (Å²) >= 11 is 5.84. The van der Waals surface area contributed by atoms with Crippen molar-refractivity contribution in [1.82, 2.24) is 4.57 Å². The predicted molar refractivity (Wildman–Crippen MR) is 82.4 cm³/mol. The first-order valence-electron chi connectivity index (χ1n) is 6.47. The van der Waals surface area contributed by atoms with Gasteiger partial charge in [-0.3, -0.25) is 4.79 Å². The Bertz CT molecular complexity index is 771. The molecule has 1 heterocycles. The van der Waals surface area contributed by atoms with E-state index >= 15 is 0 Å². The fourth-order valence-electron chi connectivity index (χ4n) is 2.48. The van der Waals surface area contributed by atoms with Gasteiger partial charge in [0.05, 0.1) is 0 Å². The molecule has 0 spiro atoms. The van der Waals surface area contributed by atoms with Gasteiger partial charge in [-0.2, -0.15) is 0 Å². The Morgan fingerprint density at radius 2 is 1.80 bits per heavy atom. The van der Waals surface area contributed by atoms with Crippen LogP contribution in [0.2, 0.25) is 5.02 Å². The molecule has 1 aromatic heterocycles. The average molecular weight is 284 g/mol. The third-order valence-electron chi connectivity index (χ3n) is 3.50. The van der Waals surface area contributed by atoms with Crippen molar-refractivity contribution in [3.05, 3.63) is 70.9 Å². The molecular weight excluding hydrogens is 270 g/mol. The predicted octanol–water partition coefficient (Wildman–Crippen LogP) is 4.26. The zero-order chi connectivity index (χ0) is 14.1. The van der Waals surface area contributed by atoms with Crippen LogP contribution in [0, 0.1) is 0 Å². The zero-order valence-electron chi connectivity index (χ0n) is 11.1. The number of hydrogen-bond donors (Lipinski definition) is 0. The molecule has 0 amide bonds. The lowest BCUT2D eigenvalue weighted by Crippen LogP contribution is -2.02. The van der Waals surface area contributed by atoms with Gasteiger partial charge in [-0.25, -0.2) is 0 Å². The van der Waals surface area contributed by atoms with Crippen LogP contribution in [0.3, 0.4) is 0 Å². The molecule has 0 fully saturated rings. The minimum atomic E-state index is 0.109. The number of carbonyl (C=O) groups excluding carboxylic acids is 1. The molecule has 0 aliphatic heterocycles. The second kappa shape index (κ2) is 5.14. The lowest BCUT2D eigenvalue weighted by atomic mass is 10.0. The summed E-state index contributed by atoms with van der Waals surface area (Å²) in [6.07, 6.45) is 2.43. The first-order chi connectivity index (χ1) is 9.65. The summed E-state index contributed by atoms with van der Waals surface area (Å²) in [5.74, 6) is 0.109. The van der Waals surface area contributed by atoms with Crippen molar-refractivity contribution >= 4 is 28.3 Å². The molecule has 0 bridgehead atoms. The van der Waals surface area contributed by atoms with Crippen molar-refractivity contribution < 1.29 is 4.79 Å². The van der Waals surface area contributed by atoms with Gasteiger partial charge in [0.1, 0.15) is 0 Å². The third-order valence-corrected chi connectivity index (χ3v) is 3.75. The van der Waals surface area contributed by atoms with E-state index in [1.54, 1.807) is 24.3 Å². The largest absolute Gasteiger partial charge is 0.350 e. The summed E-state index contributed by atoms with van der Waals surface area (Å²) in [4.78, 5) is 12.3. The number of halogens is 1. The second-order valence-electron chi connectivity index (χ2n) is 4.89. The number of para-hydroxylation sites is 1. The highest BCUT2D eigenvalue weighted by Gasteiger charge is 2.11. The van der Waals surface area contributed by atoms with Crippen LogP contribution in [-0.4, -0.2) is 10.4 Å². The number of aryl methyl sites for hydroxylation is 1. The van der Waals surface area contributed by atoms with Crippen molar-refractivity contribution in [2.24, 2.45) is 7.05 Å². The number of ketones is 1. The molecule has 0 aliphatic rings. The molecule has 0 aliphatic carbocycles. The fourth-order valence-corrected chi connectivity index (χ4v) is 2.60. The number of rotatable bonds is 3. The smallest absolute Gasteiger partial charge is 0.167 e. The van der Waals surface area contributed by atoms with Crippen LogP contribution in [-0.2, 0) is 13.5 Å². The highest BCUT2D eigenvalue weighted by molar-refractivity contribution is 6.30. The number of aromatic nitrogens is 1. The molecule has 2 aromatic carbocycles. The number of fused-ring (bicyclic) bond motifs is 1. The van der Waals surface area contributed by atoms with Crippen molar-refractivity contribution in [2.75, 3.05) is 0 Å². The van der Waals surface area contributed by atoms with E-state index in [9.17, 15) is 4.79 Å². The Labute approximate surface area is 122 Å². The Kier molecular flexibility index (Phi) is 3.33. The molecule has 100 valence electrons. The maximum atomic E-state index is 12.3. The summed E-state index contributed by atoms with van der Waals surface area (Å²) in [5.41, 5.74) is 2.90. The van der Waals surface area contributed by atoms with Crippen LogP contribution < -0.4 is 0 Å². The number of nitrogens with zero attached hydrogens (tertiary/aromatic N) is 1. The van der Waals surface area contributed by atoms with E-state index in [1.807, 2.05) is 25.4 Å². The van der Waals surface area contributed by atoms with Gasteiger partial charge < -0.3 is 4.57 Å². The van der Waals surface area contributed by atoms with Crippen LogP contribution in [0.25, 0.3) is 10.9 Å². The van der Waals surface area contributed by atoms with Crippen LogP contribution in [0.1, 0.15) is 15.9 Å². The van der Waals surface area contributed by atoms with E-state index in [1.165, 1.54) is 0 Å². The monoisotopic (exact) mass is 283 g/mol. The standard InChI is InChI=1S/C17H14ClNO/c1-19-11-13(15-4-2-3-5-16(15)19)10-17(20)12-6-8-14(18)9-7-12/h2-9,11H,10H2,1H3.